The van der Waals surface area contributed by atoms with Gasteiger partial charge in [0.15, 0.2) is 11.9 Å². The lowest BCUT2D eigenvalue weighted by Crippen LogP contribution is -2.39. The molecule has 0 aromatic carbocycles. The van der Waals surface area contributed by atoms with E-state index in [4.69, 9.17) is 14.2 Å². The Morgan fingerprint density at radius 2 is 2.42 bits per heavy atom. The lowest BCUT2D eigenvalue weighted by Gasteiger charge is -2.18. The third-order valence-corrected chi connectivity index (χ3v) is 1.73. The minimum atomic E-state index is -0.907. The van der Waals surface area contributed by atoms with E-state index < -0.39 is 5.60 Å². The molecule has 1 saturated heterocycles. The standard InChI is InChI=1S/C8H14O4/c1-4-10-7(9)8(3)5-11-6(2)12-8/h6H,4-5H2,1-3H3. The van der Waals surface area contributed by atoms with Gasteiger partial charge in [-0.25, -0.2) is 4.79 Å². The van der Waals surface area contributed by atoms with Crippen LogP contribution in [0.5, 0.6) is 0 Å². The van der Waals surface area contributed by atoms with Crippen LogP contribution in [-0.2, 0) is 19.0 Å². The molecule has 0 bridgehead atoms. The molecule has 1 heterocycles. The molecule has 1 rings (SSSR count). The van der Waals surface area contributed by atoms with Crippen molar-refractivity contribution in [3.63, 3.8) is 0 Å². The van der Waals surface area contributed by atoms with E-state index in [1.165, 1.54) is 0 Å². The number of hydrogen-bond acceptors (Lipinski definition) is 4. The molecule has 4 nitrogen and oxygen atoms in total. The van der Waals surface area contributed by atoms with Gasteiger partial charge in [0.05, 0.1) is 13.2 Å². The summed E-state index contributed by atoms with van der Waals surface area (Å²) in [5, 5.41) is 0. The van der Waals surface area contributed by atoms with Gasteiger partial charge < -0.3 is 14.2 Å². The molecular weight excluding hydrogens is 160 g/mol. The number of carbonyl (C=O) groups is 1. The zero-order valence-corrected chi connectivity index (χ0v) is 7.62. The Kier molecular flexibility index (Phi) is 2.69. The van der Waals surface area contributed by atoms with E-state index in [0.717, 1.165) is 0 Å². The molecule has 2 atom stereocenters. The quantitative estimate of drug-likeness (QED) is 0.578. The van der Waals surface area contributed by atoms with Crippen LogP contribution in [0.1, 0.15) is 20.8 Å². The highest BCUT2D eigenvalue weighted by molar-refractivity contribution is 5.79. The van der Waals surface area contributed by atoms with Crippen LogP contribution in [0.15, 0.2) is 0 Å². The fourth-order valence-corrected chi connectivity index (χ4v) is 1.10. The van der Waals surface area contributed by atoms with Gasteiger partial charge in [0.1, 0.15) is 0 Å². The van der Waals surface area contributed by atoms with Gasteiger partial charge in [-0.15, -0.1) is 0 Å². The van der Waals surface area contributed by atoms with Gasteiger partial charge >= 0.3 is 5.97 Å². The first kappa shape index (κ1) is 9.48. The molecule has 0 aromatic rings. The maximum absolute atomic E-state index is 11.3. The SMILES string of the molecule is CCOC(=O)C1(C)COC(C)O1. The number of rotatable bonds is 2. The third-order valence-electron chi connectivity index (χ3n) is 1.73. The third kappa shape index (κ3) is 1.76. The summed E-state index contributed by atoms with van der Waals surface area (Å²) in [6.45, 7) is 5.83. The highest BCUT2D eigenvalue weighted by Gasteiger charge is 2.43. The van der Waals surface area contributed by atoms with E-state index in [0.29, 0.717) is 6.61 Å². The van der Waals surface area contributed by atoms with Crippen LogP contribution in [0.25, 0.3) is 0 Å². The predicted molar refractivity (Wildman–Crippen MR) is 41.5 cm³/mol. The Balaban J connectivity index is 2.54. The van der Waals surface area contributed by atoms with Crippen molar-refractivity contribution < 1.29 is 19.0 Å². The average Bonchev–Trinajstić information content (AvgIpc) is 2.33. The fraction of sp³-hybridized carbons (Fsp3) is 0.875. The molecule has 0 spiro atoms. The molecule has 2 unspecified atom stereocenters. The Morgan fingerprint density at radius 3 is 2.83 bits per heavy atom. The molecule has 0 saturated carbocycles. The summed E-state index contributed by atoms with van der Waals surface area (Å²) in [5.74, 6) is -0.352. The van der Waals surface area contributed by atoms with Crippen molar-refractivity contribution in [3.05, 3.63) is 0 Å². The van der Waals surface area contributed by atoms with E-state index in [-0.39, 0.29) is 18.9 Å². The van der Waals surface area contributed by atoms with Crippen molar-refractivity contribution in [3.8, 4) is 0 Å². The second kappa shape index (κ2) is 3.41. The van der Waals surface area contributed by atoms with Gasteiger partial charge in [0.25, 0.3) is 0 Å². The van der Waals surface area contributed by atoms with Crippen LogP contribution in [0.4, 0.5) is 0 Å². The lowest BCUT2D eigenvalue weighted by atomic mass is 10.1. The fourth-order valence-electron chi connectivity index (χ4n) is 1.10. The molecule has 1 fully saturated rings. The van der Waals surface area contributed by atoms with Gasteiger partial charge in [-0.2, -0.15) is 0 Å². The van der Waals surface area contributed by atoms with E-state index in [2.05, 4.69) is 0 Å². The Labute approximate surface area is 71.8 Å². The molecule has 0 N–H and O–H groups in total. The van der Waals surface area contributed by atoms with Gasteiger partial charge in [-0.3, -0.25) is 0 Å². The number of hydrogen-bond donors (Lipinski definition) is 0. The second-order valence-electron chi connectivity index (χ2n) is 2.95. The van der Waals surface area contributed by atoms with E-state index in [1.54, 1.807) is 20.8 Å². The summed E-state index contributed by atoms with van der Waals surface area (Å²) in [7, 11) is 0. The summed E-state index contributed by atoms with van der Waals surface area (Å²) in [4.78, 5) is 11.3. The zero-order chi connectivity index (χ0) is 9.19. The minimum Gasteiger partial charge on any atom is -0.464 e. The maximum Gasteiger partial charge on any atom is 0.340 e. The molecule has 0 aliphatic carbocycles. The van der Waals surface area contributed by atoms with Crippen LogP contribution in [0, 0.1) is 0 Å². The molecule has 12 heavy (non-hydrogen) atoms. The molecule has 0 radical (unpaired) electrons. The summed E-state index contributed by atoms with van der Waals surface area (Å²) < 4.78 is 15.2. The number of carbonyl (C=O) groups excluding carboxylic acids is 1. The van der Waals surface area contributed by atoms with Gasteiger partial charge in [0.2, 0.25) is 0 Å². The first-order valence-electron chi connectivity index (χ1n) is 4.05. The Morgan fingerprint density at radius 1 is 1.75 bits per heavy atom. The maximum atomic E-state index is 11.3. The highest BCUT2D eigenvalue weighted by atomic mass is 16.7. The van der Waals surface area contributed by atoms with Crippen LogP contribution in [0.3, 0.4) is 0 Å². The smallest absolute Gasteiger partial charge is 0.340 e. The monoisotopic (exact) mass is 174 g/mol. The molecule has 4 heteroatoms. The topological polar surface area (TPSA) is 44.8 Å². The van der Waals surface area contributed by atoms with Crippen LogP contribution in [-0.4, -0.2) is 31.1 Å². The Bertz CT molecular complexity index is 180. The molecule has 1 aliphatic heterocycles. The normalized spacial score (nSPS) is 35.1. The van der Waals surface area contributed by atoms with Crippen molar-refractivity contribution in [1.82, 2.24) is 0 Å². The zero-order valence-electron chi connectivity index (χ0n) is 7.62. The van der Waals surface area contributed by atoms with E-state index in [9.17, 15) is 4.79 Å². The van der Waals surface area contributed by atoms with Crippen LogP contribution >= 0.6 is 0 Å². The second-order valence-corrected chi connectivity index (χ2v) is 2.95. The molecule has 0 aromatic heterocycles. The number of ether oxygens (including phenoxy) is 3. The van der Waals surface area contributed by atoms with Gasteiger partial charge in [-0.05, 0) is 20.8 Å². The van der Waals surface area contributed by atoms with Crippen molar-refractivity contribution in [2.24, 2.45) is 0 Å². The lowest BCUT2D eigenvalue weighted by molar-refractivity contribution is -0.167. The van der Waals surface area contributed by atoms with E-state index in [1.807, 2.05) is 0 Å². The highest BCUT2D eigenvalue weighted by Crippen LogP contribution is 2.23. The summed E-state index contributed by atoms with van der Waals surface area (Å²) >= 11 is 0. The molecule has 70 valence electrons. The van der Waals surface area contributed by atoms with Gasteiger partial charge in [-0.1, -0.05) is 0 Å². The molecule has 1 aliphatic rings. The van der Waals surface area contributed by atoms with Crippen LogP contribution in [0.2, 0.25) is 0 Å². The predicted octanol–water partition coefficient (Wildman–Crippen LogP) is 0.701. The van der Waals surface area contributed by atoms with Crippen molar-refractivity contribution in [2.45, 2.75) is 32.7 Å². The number of esters is 1. The summed E-state index contributed by atoms with van der Waals surface area (Å²) in [6, 6.07) is 0. The molecule has 0 amide bonds. The van der Waals surface area contributed by atoms with Crippen LogP contribution < -0.4 is 0 Å². The minimum absolute atomic E-state index is 0.271. The first-order chi connectivity index (χ1) is 5.58. The Hall–Kier alpha value is -0.610. The largest absolute Gasteiger partial charge is 0.464 e. The van der Waals surface area contributed by atoms with Crippen molar-refractivity contribution in [1.29, 1.82) is 0 Å². The summed E-state index contributed by atoms with van der Waals surface area (Å²) in [5.41, 5.74) is -0.907. The van der Waals surface area contributed by atoms with Crippen molar-refractivity contribution in [2.75, 3.05) is 13.2 Å². The average molecular weight is 174 g/mol. The van der Waals surface area contributed by atoms with Gasteiger partial charge in [0, 0.05) is 0 Å². The first-order valence-corrected chi connectivity index (χ1v) is 4.05. The summed E-state index contributed by atoms with van der Waals surface area (Å²) in [6.07, 6.45) is -0.320. The van der Waals surface area contributed by atoms with E-state index >= 15 is 0 Å². The molecular formula is C8H14O4. The van der Waals surface area contributed by atoms with Crippen molar-refractivity contribution >= 4 is 5.97 Å².